The van der Waals surface area contributed by atoms with Crippen molar-refractivity contribution in [2.45, 2.75) is 18.2 Å². The van der Waals surface area contributed by atoms with Crippen molar-refractivity contribution in [2.75, 3.05) is 11.1 Å². The molecule has 3 aromatic rings. The number of nitrogens with one attached hydrogen (secondary N) is 1. The second-order valence-electron chi connectivity index (χ2n) is 6.67. The van der Waals surface area contributed by atoms with Gasteiger partial charge < -0.3 is 5.32 Å². The number of carbonyl (C=O) groups is 2. The lowest BCUT2D eigenvalue weighted by molar-refractivity contribution is -0.115. The number of rotatable bonds is 7. The molecule has 3 rings (SSSR count). The molecule has 5 nitrogen and oxygen atoms in total. The van der Waals surface area contributed by atoms with Crippen LogP contribution < -0.4 is 5.32 Å². The van der Waals surface area contributed by atoms with E-state index >= 15 is 0 Å². The van der Waals surface area contributed by atoms with E-state index in [9.17, 15) is 18.0 Å². The Morgan fingerprint density at radius 1 is 0.862 bits per heavy atom. The summed E-state index contributed by atoms with van der Waals surface area (Å²) in [4.78, 5) is 25.4. The number of benzene rings is 3. The van der Waals surface area contributed by atoms with Gasteiger partial charge in [-0.1, -0.05) is 60.2 Å². The molecule has 0 aliphatic rings. The third kappa shape index (κ3) is 5.18. The fraction of sp³-hybridized carbons (Fsp3) is 0.130. The molecule has 0 spiro atoms. The second kappa shape index (κ2) is 8.84. The van der Waals surface area contributed by atoms with Gasteiger partial charge in [-0.25, -0.2) is 8.42 Å². The molecule has 0 fully saturated rings. The minimum atomic E-state index is -3.55. The third-order valence-corrected chi connectivity index (χ3v) is 6.16. The summed E-state index contributed by atoms with van der Waals surface area (Å²) < 4.78 is 24.7. The Morgan fingerprint density at radius 2 is 1.48 bits per heavy atom. The van der Waals surface area contributed by atoms with Crippen molar-refractivity contribution in [2.24, 2.45) is 0 Å². The van der Waals surface area contributed by atoms with Crippen LogP contribution in [0.5, 0.6) is 0 Å². The van der Waals surface area contributed by atoms with Gasteiger partial charge in [0.15, 0.2) is 15.6 Å². The molecule has 0 heterocycles. The van der Waals surface area contributed by atoms with E-state index in [4.69, 9.17) is 0 Å². The summed E-state index contributed by atoms with van der Waals surface area (Å²) in [7, 11) is -3.55. The lowest BCUT2D eigenvalue weighted by Crippen LogP contribution is -2.19. The molecule has 0 saturated carbocycles. The van der Waals surface area contributed by atoms with Gasteiger partial charge >= 0.3 is 0 Å². The van der Waals surface area contributed by atoms with Crippen LogP contribution in [-0.4, -0.2) is 25.9 Å². The number of sulfone groups is 1. The Hall–Kier alpha value is -3.25. The molecule has 0 unspecified atom stereocenters. The number of carbonyl (C=O) groups excluding carboxylic acids is 2. The molecular weight excluding hydrogens is 386 g/mol. The molecule has 0 bridgehead atoms. The maximum atomic E-state index is 12.9. The van der Waals surface area contributed by atoms with Crippen molar-refractivity contribution >= 4 is 27.2 Å². The molecule has 148 valence electrons. The molecule has 0 aliphatic carbocycles. The first-order valence-electron chi connectivity index (χ1n) is 9.15. The molecule has 0 radical (unpaired) electrons. The van der Waals surface area contributed by atoms with E-state index in [0.717, 1.165) is 5.56 Å². The second-order valence-corrected chi connectivity index (χ2v) is 8.78. The van der Waals surface area contributed by atoms with Crippen molar-refractivity contribution < 1.29 is 18.0 Å². The molecule has 0 aliphatic heterocycles. The molecule has 29 heavy (non-hydrogen) atoms. The van der Waals surface area contributed by atoms with E-state index < -0.39 is 15.7 Å². The van der Waals surface area contributed by atoms with Crippen LogP contribution in [0.15, 0.2) is 83.8 Å². The van der Waals surface area contributed by atoms with Gasteiger partial charge in [0.1, 0.15) is 0 Å². The Balaban J connectivity index is 1.75. The lowest BCUT2D eigenvalue weighted by atomic mass is 9.99. The molecule has 1 N–H and O–H groups in total. The van der Waals surface area contributed by atoms with Crippen molar-refractivity contribution in [1.29, 1.82) is 0 Å². The van der Waals surface area contributed by atoms with Crippen LogP contribution in [0.3, 0.4) is 0 Å². The number of amides is 1. The minimum absolute atomic E-state index is 0.183. The SMILES string of the molecule is Cc1ccc(NC(=O)CCS(=O)(=O)c2ccccc2)c(C(=O)c2ccccc2)c1. The monoisotopic (exact) mass is 407 g/mol. The number of hydrogen-bond donors (Lipinski definition) is 1. The van der Waals surface area contributed by atoms with Crippen LogP contribution in [0, 0.1) is 6.92 Å². The summed E-state index contributed by atoms with van der Waals surface area (Å²) in [5.41, 5.74) is 2.14. The van der Waals surface area contributed by atoms with Crippen LogP contribution in [0.1, 0.15) is 27.9 Å². The zero-order chi connectivity index (χ0) is 20.9. The number of aryl methyl sites for hydroxylation is 1. The Bertz CT molecular complexity index is 1120. The molecule has 6 heteroatoms. The topological polar surface area (TPSA) is 80.3 Å². The predicted molar refractivity (Wildman–Crippen MR) is 113 cm³/mol. The highest BCUT2D eigenvalue weighted by molar-refractivity contribution is 7.91. The van der Waals surface area contributed by atoms with Crippen molar-refractivity contribution in [3.63, 3.8) is 0 Å². The average molecular weight is 407 g/mol. The van der Waals surface area contributed by atoms with Gasteiger partial charge in [0, 0.05) is 17.5 Å². The maximum Gasteiger partial charge on any atom is 0.225 e. The summed E-state index contributed by atoms with van der Waals surface area (Å²) in [6.45, 7) is 1.86. The third-order valence-electron chi connectivity index (χ3n) is 4.43. The van der Waals surface area contributed by atoms with E-state index in [1.807, 2.05) is 13.0 Å². The first-order valence-corrected chi connectivity index (χ1v) is 10.8. The van der Waals surface area contributed by atoms with Crippen LogP contribution in [0.2, 0.25) is 0 Å². The van der Waals surface area contributed by atoms with Crippen molar-refractivity contribution in [1.82, 2.24) is 0 Å². The van der Waals surface area contributed by atoms with Gasteiger partial charge in [-0.2, -0.15) is 0 Å². The smallest absolute Gasteiger partial charge is 0.225 e. The quantitative estimate of drug-likeness (QED) is 0.600. The molecule has 0 atom stereocenters. The van der Waals surface area contributed by atoms with Crippen LogP contribution >= 0.6 is 0 Å². The maximum absolute atomic E-state index is 12.9. The molecule has 1 amide bonds. The first kappa shape index (κ1) is 20.5. The normalized spacial score (nSPS) is 11.1. The fourth-order valence-corrected chi connectivity index (χ4v) is 4.15. The van der Waals surface area contributed by atoms with Gasteiger partial charge in [0.2, 0.25) is 5.91 Å². The van der Waals surface area contributed by atoms with E-state index in [1.54, 1.807) is 60.7 Å². The molecule has 0 aromatic heterocycles. The summed E-state index contributed by atoms with van der Waals surface area (Å²) in [5.74, 6) is -0.978. The van der Waals surface area contributed by atoms with Gasteiger partial charge in [0.25, 0.3) is 0 Å². The zero-order valence-corrected chi connectivity index (χ0v) is 16.8. The predicted octanol–water partition coefficient (Wildman–Crippen LogP) is 4.03. The minimum Gasteiger partial charge on any atom is -0.325 e. The van der Waals surface area contributed by atoms with E-state index in [0.29, 0.717) is 16.8 Å². The van der Waals surface area contributed by atoms with Gasteiger partial charge in [-0.05, 0) is 31.2 Å². The van der Waals surface area contributed by atoms with E-state index in [2.05, 4.69) is 5.32 Å². The summed E-state index contributed by atoms with van der Waals surface area (Å²) in [6.07, 6.45) is -0.204. The summed E-state index contributed by atoms with van der Waals surface area (Å²) in [6, 6.07) is 22.0. The van der Waals surface area contributed by atoms with E-state index in [-0.39, 0.29) is 22.9 Å². The lowest BCUT2D eigenvalue weighted by Gasteiger charge is -2.12. The zero-order valence-electron chi connectivity index (χ0n) is 16.0. The van der Waals surface area contributed by atoms with E-state index in [1.165, 1.54) is 12.1 Å². The average Bonchev–Trinajstić information content (AvgIpc) is 2.74. The number of anilines is 1. The Morgan fingerprint density at radius 3 is 2.14 bits per heavy atom. The summed E-state index contributed by atoms with van der Waals surface area (Å²) >= 11 is 0. The Kier molecular flexibility index (Phi) is 6.24. The van der Waals surface area contributed by atoms with Gasteiger partial charge in [0.05, 0.1) is 16.3 Å². The molecule has 0 saturated heterocycles. The largest absolute Gasteiger partial charge is 0.325 e. The number of ketones is 1. The molecular formula is C23H21NO4S. The summed E-state index contributed by atoms with van der Waals surface area (Å²) in [5, 5.41) is 2.69. The van der Waals surface area contributed by atoms with Crippen molar-refractivity contribution in [3.8, 4) is 0 Å². The van der Waals surface area contributed by atoms with Crippen LogP contribution in [0.4, 0.5) is 5.69 Å². The fourth-order valence-electron chi connectivity index (χ4n) is 2.89. The first-order chi connectivity index (χ1) is 13.9. The number of hydrogen-bond acceptors (Lipinski definition) is 4. The van der Waals surface area contributed by atoms with Crippen molar-refractivity contribution in [3.05, 3.63) is 95.6 Å². The van der Waals surface area contributed by atoms with Crippen LogP contribution in [-0.2, 0) is 14.6 Å². The highest BCUT2D eigenvalue weighted by atomic mass is 32.2. The van der Waals surface area contributed by atoms with Gasteiger partial charge in [-0.15, -0.1) is 0 Å². The Labute approximate surface area is 170 Å². The standard InChI is InChI=1S/C23H21NO4S/c1-17-12-13-21(20(16-17)23(26)18-8-4-2-5-9-18)24-22(25)14-15-29(27,28)19-10-6-3-7-11-19/h2-13,16H,14-15H2,1H3,(H,24,25). The van der Waals surface area contributed by atoms with Crippen LogP contribution in [0.25, 0.3) is 0 Å². The van der Waals surface area contributed by atoms with Gasteiger partial charge in [-0.3, -0.25) is 9.59 Å². The highest BCUT2D eigenvalue weighted by Crippen LogP contribution is 2.22. The highest BCUT2D eigenvalue weighted by Gasteiger charge is 2.19. The molecule has 3 aromatic carbocycles.